The monoisotopic (exact) mass is 312 g/mol. The number of hydrogen-bond donors (Lipinski definition) is 1. The molecule has 122 valence electrons. The molecule has 0 spiro atoms. The van der Waals surface area contributed by atoms with Gasteiger partial charge in [0.25, 0.3) is 5.91 Å². The zero-order chi connectivity index (χ0) is 16.1. The SMILES string of the molecule is O=C(c1cccn1CCc1ccccc1)N1CCC(CO)CC1. The molecule has 1 aliphatic heterocycles. The van der Waals surface area contributed by atoms with Gasteiger partial charge in [-0.2, -0.15) is 0 Å². The van der Waals surface area contributed by atoms with E-state index in [1.165, 1.54) is 5.56 Å². The van der Waals surface area contributed by atoms with Crippen molar-refractivity contribution < 1.29 is 9.90 Å². The van der Waals surface area contributed by atoms with Gasteiger partial charge >= 0.3 is 0 Å². The predicted octanol–water partition coefficient (Wildman–Crippen LogP) is 2.58. The standard InChI is InChI=1S/C19H24N2O2/c22-15-17-9-13-21(14-10-17)19(23)18-7-4-11-20(18)12-8-16-5-2-1-3-6-16/h1-7,11,17,22H,8-10,12-15H2. The van der Waals surface area contributed by atoms with Crippen LogP contribution in [0.4, 0.5) is 0 Å². The van der Waals surface area contributed by atoms with Gasteiger partial charge in [0.2, 0.25) is 0 Å². The molecule has 0 aliphatic carbocycles. The van der Waals surface area contributed by atoms with Crippen LogP contribution in [0.1, 0.15) is 28.9 Å². The molecule has 1 aliphatic rings. The van der Waals surface area contributed by atoms with Crippen LogP contribution in [0.25, 0.3) is 0 Å². The molecular weight excluding hydrogens is 288 g/mol. The van der Waals surface area contributed by atoms with Crippen LogP contribution in [0.15, 0.2) is 48.7 Å². The van der Waals surface area contributed by atoms with Crippen LogP contribution >= 0.6 is 0 Å². The fourth-order valence-corrected chi connectivity index (χ4v) is 3.18. The van der Waals surface area contributed by atoms with Crippen LogP contribution in [-0.4, -0.2) is 40.2 Å². The first-order valence-corrected chi connectivity index (χ1v) is 8.37. The van der Waals surface area contributed by atoms with Gasteiger partial charge in [-0.1, -0.05) is 30.3 Å². The maximum absolute atomic E-state index is 12.7. The van der Waals surface area contributed by atoms with Gasteiger partial charge < -0.3 is 14.6 Å². The fourth-order valence-electron chi connectivity index (χ4n) is 3.18. The number of rotatable bonds is 5. The van der Waals surface area contributed by atoms with Gasteiger partial charge in [-0.25, -0.2) is 0 Å². The maximum Gasteiger partial charge on any atom is 0.270 e. The molecule has 2 aromatic rings. The number of carbonyl (C=O) groups excluding carboxylic acids is 1. The average Bonchev–Trinajstić information content (AvgIpc) is 3.09. The largest absolute Gasteiger partial charge is 0.396 e. The Morgan fingerprint density at radius 3 is 2.52 bits per heavy atom. The molecule has 0 radical (unpaired) electrons. The van der Waals surface area contributed by atoms with Crippen LogP contribution < -0.4 is 0 Å². The number of nitrogens with zero attached hydrogens (tertiary/aromatic N) is 2. The summed E-state index contributed by atoms with van der Waals surface area (Å²) in [6, 6.07) is 14.2. The second-order valence-electron chi connectivity index (χ2n) is 6.24. The molecule has 1 amide bonds. The van der Waals surface area contributed by atoms with Crippen LogP contribution in [0, 0.1) is 5.92 Å². The van der Waals surface area contributed by atoms with Crippen molar-refractivity contribution in [2.75, 3.05) is 19.7 Å². The van der Waals surface area contributed by atoms with Gasteiger partial charge in [-0.15, -0.1) is 0 Å². The Balaban J connectivity index is 1.62. The Labute approximate surface area is 137 Å². The number of benzene rings is 1. The minimum absolute atomic E-state index is 0.111. The molecule has 1 fully saturated rings. The summed E-state index contributed by atoms with van der Waals surface area (Å²) in [5, 5.41) is 9.21. The lowest BCUT2D eigenvalue weighted by atomic mass is 9.98. The van der Waals surface area contributed by atoms with Crippen LogP contribution in [0.2, 0.25) is 0 Å². The lowest BCUT2D eigenvalue weighted by Crippen LogP contribution is -2.40. The van der Waals surface area contributed by atoms with Crippen LogP contribution in [-0.2, 0) is 13.0 Å². The van der Waals surface area contributed by atoms with Gasteiger partial charge in [0.05, 0.1) is 0 Å². The molecule has 3 rings (SSSR count). The summed E-state index contributed by atoms with van der Waals surface area (Å²) >= 11 is 0. The first-order valence-electron chi connectivity index (χ1n) is 8.37. The molecule has 1 saturated heterocycles. The van der Waals surface area contributed by atoms with E-state index in [1.54, 1.807) is 0 Å². The molecule has 0 unspecified atom stereocenters. The number of aryl methyl sites for hydroxylation is 2. The van der Waals surface area contributed by atoms with E-state index in [-0.39, 0.29) is 12.5 Å². The molecule has 4 nitrogen and oxygen atoms in total. The first-order chi connectivity index (χ1) is 11.3. The topological polar surface area (TPSA) is 45.5 Å². The number of likely N-dealkylation sites (tertiary alicyclic amines) is 1. The number of carbonyl (C=O) groups is 1. The molecule has 1 aromatic heterocycles. The lowest BCUT2D eigenvalue weighted by molar-refractivity contribution is 0.0640. The number of hydrogen-bond acceptors (Lipinski definition) is 2. The zero-order valence-electron chi connectivity index (χ0n) is 13.4. The van der Waals surface area contributed by atoms with Crippen molar-refractivity contribution >= 4 is 5.91 Å². The van der Waals surface area contributed by atoms with E-state index in [0.717, 1.165) is 44.6 Å². The van der Waals surface area contributed by atoms with Crippen LogP contribution in [0.5, 0.6) is 0 Å². The number of amides is 1. The second-order valence-corrected chi connectivity index (χ2v) is 6.24. The van der Waals surface area contributed by atoms with Crippen molar-refractivity contribution in [3.8, 4) is 0 Å². The molecule has 1 aromatic carbocycles. The molecular formula is C19H24N2O2. The first kappa shape index (κ1) is 15.8. The molecule has 0 saturated carbocycles. The van der Waals surface area contributed by atoms with E-state index in [2.05, 4.69) is 12.1 Å². The van der Waals surface area contributed by atoms with Gasteiger partial charge in [-0.05, 0) is 42.9 Å². The quantitative estimate of drug-likeness (QED) is 0.922. The highest BCUT2D eigenvalue weighted by Gasteiger charge is 2.24. The highest BCUT2D eigenvalue weighted by molar-refractivity contribution is 5.92. The van der Waals surface area contributed by atoms with Crippen molar-refractivity contribution in [3.63, 3.8) is 0 Å². The van der Waals surface area contributed by atoms with E-state index in [9.17, 15) is 9.90 Å². The van der Waals surface area contributed by atoms with Crippen molar-refractivity contribution in [2.45, 2.75) is 25.8 Å². The Morgan fingerprint density at radius 1 is 1.09 bits per heavy atom. The molecule has 1 N–H and O–H groups in total. The summed E-state index contributed by atoms with van der Waals surface area (Å²) in [5.74, 6) is 0.461. The Hall–Kier alpha value is -2.07. The van der Waals surface area contributed by atoms with Gasteiger partial charge in [0, 0.05) is 32.4 Å². The average molecular weight is 312 g/mol. The second kappa shape index (κ2) is 7.47. The van der Waals surface area contributed by atoms with Gasteiger partial charge in [0.1, 0.15) is 5.69 Å². The van der Waals surface area contributed by atoms with E-state index >= 15 is 0 Å². The summed E-state index contributed by atoms with van der Waals surface area (Å²) < 4.78 is 2.05. The molecule has 0 atom stereocenters. The Bertz CT molecular complexity index is 628. The summed E-state index contributed by atoms with van der Waals surface area (Å²) in [6.45, 7) is 2.53. The van der Waals surface area contributed by atoms with E-state index in [0.29, 0.717) is 5.92 Å². The minimum atomic E-state index is 0.111. The Morgan fingerprint density at radius 2 is 1.83 bits per heavy atom. The molecule has 2 heterocycles. The van der Waals surface area contributed by atoms with Gasteiger partial charge in [0.15, 0.2) is 0 Å². The lowest BCUT2D eigenvalue weighted by Gasteiger charge is -2.31. The molecule has 4 heteroatoms. The third kappa shape index (κ3) is 3.82. The van der Waals surface area contributed by atoms with Gasteiger partial charge in [-0.3, -0.25) is 4.79 Å². The maximum atomic E-state index is 12.7. The van der Waals surface area contributed by atoms with Crippen molar-refractivity contribution in [2.24, 2.45) is 5.92 Å². The third-order valence-corrected chi connectivity index (χ3v) is 4.69. The van der Waals surface area contributed by atoms with E-state index in [4.69, 9.17) is 0 Å². The molecule has 0 bridgehead atoms. The number of aliphatic hydroxyl groups excluding tert-OH is 1. The highest BCUT2D eigenvalue weighted by Crippen LogP contribution is 2.19. The van der Waals surface area contributed by atoms with Crippen LogP contribution in [0.3, 0.4) is 0 Å². The number of aliphatic hydroxyl groups is 1. The Kier molecular flexibility index (Phi) is 5.13. The highest BCUT2D eigenvalue weighted by atomic mass is 16.3. The third-order valence-electron chi connectivity index (χ3n) is 4.69. The zero-order valence-corrected chi connectivity index (χ0v) is 13.4. The van der Waals surface area contributed by atoms with Crippen molar-refractivity contribution in [3.05, 3.63) is 59.9 Å². The molecule has 23 heavy (non-hydrogen) atoms. The number of aromatic nitrogens is 1. The smallest absolute Gasteiger partial charge is 0.270 e. The number of piperidine rings is 1. The normalized spacial score (nSPS) is 15.8. The summed E-state index contributed by atoms with van der Waals surface area (Å²) in [6.07, 6.45) is 4.69. The summed E-state index contributed by atoms with van der Waals surface area (Å²) in [5.41, 5.74) is 2.05. The van der Waals surface area contributed by atoms with Crippen molar-refractivity contribution in [1.82, 2.24) is 9.47 Å². The van der Waals surface area contributed by atoms with E-state index < -0.39 is 0 Å². The van der Waals surface area contributed by atoms with Crippen molar-refractivity contribution in [1.29, 1.82) is 0 Å². The predicted molar refractivity (Wildman–Crippen MR) is 90.3 cm³/mol. The van der Waals surface area contributed by atoms with E-state index in [1.807, 2.05) is 46.0 Å². The fraction of sp³-hybridized carbons (Fsp3) is 0.421. The summed E-state index contributed by atoms with van der Waals surface area (Å²) in [4.78, 5) is 14.6. The summed E-state index contributed by atoms with van der Waals surface area (Å²) in [7, 11) is 0. The minimum Gasteiger partial charge on any atom is -0.396 e.